The average Bonchev–Trinajstić information content (AvgIpc) is 3.23. The highest BCUT2D eigenvalue weighted by Crippen LogP contribution is 2.42. The third-order valence-corrected chi connectivity index (χ3v) is 10.1. The normalized spacial score (nSPS) is 44.0. The van der Waals surface area contributed by atoms with Gasteiger partial charge in [0.1, 0.15) is 11.9 Å². The van der Waals surface area contributed by atoms with Crippen LogP contribution < -0.4 is 0 Å². The number of halogens is 1. The van der Waals surface area contributed by atoms with Crippen LogP contribution in [0, 0.1) is 17.8 Å². The molecule has 3 rings (SSSR count). The molecule has 0 unspecified atom stereocenters. The Bertz CT molecular complexity index is 1230. The maximum atomic E-state index is 16.6. The van der Waals surface area contributed by atoms with Gasteiger partial charge < -0.3 is 38.6 Å². The number of aliphatic hydroxyl groups excluding tert-OH is 1. The van der Waals surface area contributed by atoms with Crippen LogP contribution in [-0.4, -0.2) is 126 Å². The fourth-order valence-electron chi connectivity index (χ4n) is 7.58. The Kier molecular flexibility index (Phi) is 11.9. The molecule has 0 aromatic heterocycles. The molecular weight excluding hydrogens is 615 g/mol. The number of fused-ring (bicyclic) bond motifs is 1. The fraction of sp³-hybridized carbons (Fsp3) is 0.765. The number of alkyl halides is 1. The van der Waals surface area contributed by atoms with E-state index in [1.165, 1.54) is 37.9 Å². The summed E-state index contributed by atoms with van der Waals surface area (Å²) in [7, 11) is 5.08. The second-order valence-electron chi connectivity index (χ2n) is 14.2. The molecule has 12 nitrogen and oxygen atoms in total. The summed E-state index contributed by atoms with van der Waals surface area (Å²) in [5, 5.41) is 11.3. The van der Waals surface area contributed by atoms with Crippen molar-refractivity contribution >= 4 is 23.6 Å². The molecule has 3 aliphatic heterocycles. The van der Waals surface area contributed by atoms with Gasteiger partial charge in [-0.1, -0.05) is 33.4 Å². The zero-order valence-electron chi connectivity index (χ0n) is 29.4. The Morgan fingerprint density at radius 3 is 2.26 bits per heavy atom. The first-order valence-corrected chi connectivity index (χ1v) is 16.1. The van der Waals surface area contributed by atoms with Crippen LogP contribution in [0.1, 0.15) is 61.3 Å². The average molecular weight is 669 g/mol. The summed E-state index contributed by atoms with van der Waals surface area (Å²) >= 11 is 0. The van der Waals surface area contributed by atoms with Gasteiger partial charge in [0.25, 0.3) is 5.67 Å². The van der Waals surface area contributed by atoms with Crippen LogP contribution >= 0.6 is 0 Å². The molecule has 47 heavy (non-hydrogen) atoms. The number of ketones is 2. The van der Waals surface area contributed by atoms with Crippen molar-refractivity contribution in [1.29, 1.82) is 0 Å². The number of rotatable bonds is 7. The lowest BCUT2D eigenvalue weighted by Crippen LogP contribution is -2.61. The minimum Gasteiger partial charge on any atom is -0.451 e. The number of Topliss-reactive ketones (excluding diaryl/α,β-unsaturated/α-hetero) is 2. The molecule has 0 aromatic rings. The van der Waals surface area contributed by atoms with Crippen molar-refractivity contribution in [2.75, 3.05) is 27.7 Å². The van der Waals surface area contributed by atoms with Gasteiger partial charge in [-0.25, -0.2) is 14.0 Å². The summed E-state index contributed by atoms with van der Waals surface area (Å²) in [6.07, 6.45) is -3.15. The molecule has 3 fully saturated rings. The van der Waals surface area contributed by atoms with Gasteiger partial charge in [0.2, 0.25) is 0 Å². The molecular formula is C34H53FN2O10. The molecule has 1 amide bonds. The number of amides is 1. The number of hydrogen-bond donors (Lipinski definition) is 1. The summed E-state index contributed by atoms with van der Waals surface area (Å²) in [5.41, 5.74) is -6.33. The topological polar surface area (TPSA) is 141 Å². The molecule has 13 heteroatoms. The molecule has 0 spiro atoms. The largest absolute Gasteiger partial charge is 0.451 e. The van der Waals surface area contributed by atoms with Gasteiger partial charge in [0, 0.05) is 30.8 Å². The van der Waals surface area contributed by atoms with Crippen LogP contribution in [-0.2, 0) is 38.1 Å². The van der Waals surface area contributed by atoms with Crippen LogP contribution in [0.3, 0.4) is 0 Å². The second-order valence-corrected chi connectivity index (χ2v) is 14.2. The number of cyclic esters (lactones) is 1. The van der Waals surface area contributed by atoms with Crippen LogP contribution in [0.5, 0.6) is 0 Å². The van der Waals surface area contributed by atoms with Crippen LogP contribution in [0.4, 0.5) is 9.18 Å². The van der Waals surface area contributed by atoms with E-state index in [1.807, 2.05) is 25.9 Å². The van der Waals surface area contributed by atoms with Crippen molar-refractivity contribution in [2.45, 2.75) is 121 Å². The van der Waals surface area contributed by atoms with E-state index in [1.54, 1.807) is 20.8 Å². The number of ether oxygens (including phenoxy) is 5. The van der Waals surface area contributed by atoms with Crippen LogP contribution in [0.2, 0.25) is 0 Å². The first kappa shape index (κ1) is 38.7. The van der Waals surface area contributed by atoms with E-state index in [-0.39, 0.29) is 31.0 Å². The van der Waals surface area contributed by atoms with E-state index in [2.05, 4.69) is 13.2 Å². The van der Waals surface area contributed by atoms with E-state index in [0.29, 0.717) is 6.42 Å². The van der Waals surface area contributed by atoms with Crippen molar-refractivity contribution in [1.82, 2.24) is 9.80 Å². The molecule has 3 heterocycles. The third-order valence-electron chi connectivity index (χ3n) is 10.1. The van der Waals surface area contributed by atoms with Crippen molar-refractivity contribution in [3.63, 3.8) is 0 Å². The molecule has 0 radical (unpaired) electrons. The summed E-state index contributed by atoms with van der Waals surface area (Å²) in [5.74, 6) is -5.98. The number of esters is 1. The van der Waals surface area contributed by atoms with Gasteiger partial charge >= 0.3 is 12.1 Å². The number of nitrogens with zero attached hydrogens (tertiary/aromatic N) is 2. The van der Waals surface area contributed by atoms with Gasteiger partial charge in [-0.3, -0.25) is 9.59 Å². The molecule has 13 atom stereocenters. The first-order chi connectivity index (χ1) is 21.7. The fourth-order valence-corrected chi connectivity index (χ4v) is 7.58. The standard InChI is InChI=1S/C34H53FN2O10/c1-13-15-43-32(7)17-18(3)24(38)20(5)26-34(9,47-31(42)37(26)12)23(14-2)45-30(41)33(8,35)27(40)21(6)28(32)46-29-25(39)22(36(10)11)16-19(4)44-29/h13-14,18-23,25-26,28-29,39H,1-2,15-17H2,3-12H3/t18-,19-,20+,21+,22+,23-,25-,26-,28-,29+,32+,33+,34-/m1/s1. The van der Waals surface area contributed by atoms with Crippen molar-refractivity contribution < 1.29 is 52.4 Å². The van der Waals surface area contributed by atoms with Crippen LogP contribution in [0.25, 0.3) is 0 Å². The summed E-state index contributed by atoms with van der Waals surface area (Å²) in [4.78, 5) is 57.7. The zero-order chi connectivity index (χ0) is 35.8. The smallest absolute Gasteiger partial charge is 0.410 e. The number of hydrogen-bond acceptors (Lipinski definition) is 11. The molecule has 3 aliphatic rings. The number of carbonyl (C=O) groups excluding carboxylic acids is 4. The Morgan fingerprint density at radius 2 is 1.70 bits per heavy atom. The van der Waals surface area contributed by atoms with Crippen molar-refractivity contribution in [3.8, 4) is 0 Å². The van der Waals surface area contributed by atoms with Gasteiger partial charge in [-0.2, -0.15) is 0 Å². The van der Waals surface area contributed by atoms with E-state index in [0.717, 1.165) is 6.92 Å². The Labute approximate surface area is 277 Å². The Balaban J connectivity index is 2.21. The van der Waals surface area contributed by atoms with Crippen molar-refractivity contribution in [2.24, 2.45) is 17.8 Å². The van der Waals surface area contributed by atoms with Crippen molar-refractivity contribution in [3.05, 3.63) is 25.3 Å². The van der Waals surface area contributed by atoms with E-state index < -0.39 is 83.1 Å². The van der Waals surface area contributed by atoms with E-state index in [4.69, 9.17) is 23.7 Å². The highest BCUT2D eigenvalue weighted by Gasteiger charge is 2.61. The minimum absolute atomic E-state index is 0.0257. The second kappa shape index (κ2) is 14.4. The lowest BCUT2D eigenvalue weighted by molar-refractivity contribution is -0.297. The van der Waals surface area contributed by atoms with Gasteiger partial charge in [-0.15, -0.1) is 6.58 Å². The predicted molar refractivity (Wildman–Crippen MR) is 170 cm³/mol. The molecule has 0 saturated carbocycles. The SMILES string of the molecule is C=CCO[C@@]1(C)C[C@@H](C)C(=O)[C@H](C)[C@H]2N(C)C(=O)O[C@]2(C)[C@@H](C=C)OC(=O)[C@@](C)(F)C(=O)[C@H](C)[C@H]1O[C@@H]1O[C@H](C)C[C@H](N(C)C)[C@H]1O. The van der Waals surface area contributed by atoms with Gasteiger partial charge in [0.15, 0.2) is 23.8 Å². The molecule has 0 aromatic carbocycles. The number of carbonyl (C=O) groups is 4. The maximum Gasteiger partial charge on any atom is 0.410 e. The van der Waals surface area contributed by atoms with Gasteiger partial charge in [0.05, 0.1) is 30.5 Å². The number of likely N-dealkylation sites (N-methyl/N-ethyl adjacent to an activating group) is 2. The maximum absolute atomic E-state index is 16.6. The molecule has 0 bridgehead atoms. The first-order valence-electron chi connectivity index (χ1n) is 16.1. The summed E-state index contributed by atoms with van der Waals surface area (Å²) < 4.78 is 46.5. The molecule has 1 N–H and O–H groups in total. The lowest BCUT2D eigenvalue weighted by atomic mass is 9.73. The lowest BCUT2D eigenvalue weighted by Gasteiger charge is -2.47. The van der Waals surface area contributed by atoms with E-state index in [9.17, 15) is 24.3 Å². The highest BCUT2D eigenvalue weighted by molar-refractivity contribution is 6.08. The summed E-state index contributed by atoms with van der Waals surface area (Å²) in [6.45, 7) is 17.9. The quantitative estimate of drug-likeness (QED) is 0.243. The summed E-state index contributed by atoms with van der Waals surface area (Å²) in [6, 6.07) is -1.32. The van der Waals surface area contributed by atoms with E-state index >= 15 is 4.39 Å². The third kappa shape index (κ3) is 7.34. The predicted octanol–water partition coefficient (Wildman–Crippen LogP) is 3.24. The minimum atomic E-state index is -3.20. The van der Waals surface area contributed by atoms with Crippen LogP contribution in [0.15, 0.2) is 25.3 Å². The Morgan fingerprint density at radius 1 is 1.09 bits per heavy atom. The monoisotopic (exact) mass is 668 g/mol. The molecule has 0 aliphatic carbocycles. The highest BCUT2D eigenvalue weighted by atomic mass is 19.1. The number of aliphatic hydroxyl groups is 1. The molecule has 266 valence electrons. The molecule has 3 saturated heterocycles. The van der Waals surface area contributed by atoms with Gasteiger partial charge in [-0.05, 0) is 60.7 Å². The Hall–Kier alpha value is -2.71. The zero-order valence-corrected chi connectivity index (χ0v) is 29.4.